The Kier molecular flexibility index (Phi) is 4.58. The molecule has 1 aromatic carbocycles. The van der Waals surface area contributed by atoms with E-state index < -0.39 is 11.7 Å². The summed E-state index contributed by atoms with van der Waals surface area (Å²) in [4.78, 5) is 3.99. The third-order valence-electron chi connectivity index (χ3n) is 3.56. The fraction of sp³-hybridized carbons (Fsp3) is 0.500. The molecule has 1 saturated carbocycles. The zero-order valence-electron chi connectivity index (χ0n) is 10.9. The number of alkyl halides is 3. The van der Waals surface area contributed by atoms with Gasteiger partial charge >= 0.3 is 6.18 Å². The Morgan fingerprint density at radius 2 is 1.85 bits per heavy atom. The van der Waals surface area contributed by atoms with Crippen molar-refractivity contribution in [3.8, 4) is 0 Å². The number of benzene rings is 1. The summed E-state index contributed by atoms with van der Waals surface area (Å²) in [5, 5.41) is -0.0291. The van der Waals surface area contributed by atoms with E-state index >= 15 is 0 Å². The second kappa shape index (κ2) is 6.04. The molecular formula is C14H16ClF3N2. The van der Waals surface area contributed by atoms with Crippen LogP contribution in [0.4, 0.5) is 18.9 Å². The summed E-state index contributed by atoms with van der Waals surface area (Å²) in [6, 6.07) is 3.63. The van der Waals surface area contributed by atoms with E-state index in [4.69, 9.17) is 17.3 Å². The summed E-state index contributed by atoms with van der Waals surface area (Å²) in [5.41, 5.74) is 4.77. The molecule has 20 heavy (non-hydrogen) atoms. The van der Waals surface area contributed by atoms with E-state index in [0.717, 1.165) is 38.2 Å². The number of nitrogens with zero attached hydrogens (tertiary/aromatic N) is 1. The Morgan fingerprint density at radius 3 is 2.45 bits per heavy atom. The van der Waals surface area contributed by atoms with Crippen LogP contribution in [0.15, 0.2) is 23.2 Å². The fourth-order valence-electron chi connectivity index (χ4n) is 2.48. The third-order valence-corrected chi connectivity index (χ3v) is 3.86. The average Bonchev–Trinajstić information content (AvgIpc) is 2.40. The highest BCUT2D eigenvalue weighted by atomic mass is 35.5. The summed E-state index contributed by atoms with van der Waals surface area (Å²) < 4.78 is 38.9. The van der Waals surface area contributed by atoms with E-state index in [1.54, 1.807) is 0 Å². The van der Waals surface area contributed by atoms with E-state index in [9.17, 15) is 13.2 Å². The van der Waals surface area contributed by atoms with Crippen LogP contribution in [0.5, 0.6) is 0 Å². The first-order chi connectivity index (χ1) is 9.39. The Hall–Kier alpha value is -1.23. The maximum Gasteiger partial charge on any atom is 0.418 e. The molecule has 0 bridgehead atoms. The van der Waals surface area contributed by atoms with E-state index in [1.807, 2.05) is 0 Å². The van der Waals surface area contributed by atoms with Gasteiger partial charge in [0.25, 0.3) is 0 Å². The minimum atomic E-state index is -4.49. The second-order valence-corrected chi connectivity index (χ2v) is 5.41. The average molecular weight is 305 g/mol. The first kappa shape index (κ1) is 15.2. The number of nitrogens with two attached hydrogens (primary N) is 1. The zero-order chi connectivity index (χ0) is 14.8. The molecule has 0 radical (unpaired) electrons. The van der Waals surface area contributed by atoms with Gasteiger partial charge in [-0.15, -0.1) is 0 Å². The van der Waals surface area contributed by atoms with Crippen molar-refractivity contribution in [1.29, 1.82) is 0 Å². The minimum Gasteiger partial charge on any atom is -0.387 e. The SMILES string of the molecule is NC(=Nc1c(Cl)cccc1C(F)(F)F)C1CCCCC1. The molecule has 0 heterocycles. The lowest BCUT2D eigenvalue weighted by Gasteiger charge is -2.21. The third kappa shape index (κ3) is 3.45. The first-order valence-corrected chi connectivity index (χ1v) is 6.97. The monoisotopic (exact) mass is 304 g/mol. The summed E-state index contributed by atoms with van der Waals surface area (Å²) in [7, 11) is 0. The number of rotatable bonds is 2. The van der Waals surface area contributed by atoms with Gasteiger partial charge in [0.05, 0.1) is 16.3 Å². The van der Waals surface area contributed by atoms with Gasteiger partial charge in [0.15, 0.2) is 0 Å². The highest BCUT2D eigenvalue weighted by Gasteiger charge is 2.34. The maximum atomic E-state index is 13.0. The summed E-state index contributed by atoms with van der Waals surface area (Å²) in [6.07, 6.45) is 0.480. The topological polar surface area (TPSA) is 38.4 Å². The normalized spacial score (nSPS) is 18.3. The Bertz CT molecular complexity index is 506. The molecule has 1 aromatic rings. The predicted octanol–water partition coefficient (Wildman–Crippen LogP) is 4.93. The molecule has 2 nitrogen and oxygen atoms in total. The smallest absolute Gasteiger partial charge is 0.387 e. The van der Waals surface area contributed by atoms with Crippen LogP contribution in [0.1, 0.15) is 37.7 Å². The van der Waals surface area contributed by atoms with Crippen LogP contribution in [0.2, 0.25) is 5.02 Å². The number of para-hydroxylation sites is 1. The molecule has 1 fully saturated rings. The van der Waals surface area contributed by atoms with Crippen LogP contribution in [0, 0.1) is 5.92 Å². The number of hydrogen-bond acceptors (Lipinski definition) is 1. The maximum absolute atomic E-state index is 13.0. The van der Waals surface area contributed by atoms with Gasteiger partial charge in [0, 0.05) is 5.92 Å². The second-order valence-electron chi connectivity index (χ2n) is 5.01. The number of amidine groups is 1. The van der Waals surface area contributed by atoms with Crippen molar-refractivity contribution in [2.75, 3.05) is 0 Å². The van der Waals surface area contributed by atoms with Gasteiger partial charge in [-0.3, -0.25) is 0 Å². The number of aliphatic imine (C=N–C) groups is 1. The van der Waals surface area contributed by atoms with Gasteiger partial charge in [-0.25, -0.2) is 4.99 Å². The highest BCUT2D eigenvalue weighted by Crippen LogP contribution is 2.40. The molecule has 0 aromatic heterocycles. The quantitative estimate of drug-likeness (QED) is 0.610. The van der Waals surface area contributed by atoms with Crippen molar-refractivity contribution in [1.82, 2.24) is 0 Å². The fourth-order valence-corrected chi connectivity index (χ4v) is 2.69. The Morgan fingerprint density at radius 1 is 1.20 bits per heavy atom. The van der Waals surface area contributed by atoms with E-state index in [0.29, 0.717) is 0 Å². The van der Waals surface area contributed by atoms with Gasteiger partial charge < -0.3 is 5.73 Å². The van der Waals surface area contributed by atoms with Gasteiger partial charge in [-0.1, -0.05) is 36.9 Å². The van der Waals surface area contributed by atoms with Gasteiger partial charge in [-0.05, 0) is 25.0 Å². The zero-order valence-corrected chi connectivity index (χ0v) is 11.6. The van der Waals surface area contributed by atoms with Crippen molar-refractivity contribution in [3.05, 3.63) is 28.8 Å². The van der Waals surface area contributed by atoms with Crippen molar-refractivity contribution in [2.45, 2.75) is 38.3 Å². The van der Waals surface area contributed by atoms with Gasteiger partial charge in [0.1, 0.15) is 5.84 Å². The summed E-state index contributed by atoms with van der Waals surface area (Å²) in [5.74, 6) is 0.310. The number of halogens is 4. The lowest BCUT2D eigenvalue weighted by atomic mass is 9.88. The molecule has 1 aliphatic carbocycles. The van der Waals surface area contributed by atoms with E-state index in [1.165, 1.54) is 12.1 Å². The van der Waals surface area contributed by atoms with Crippen molar-refractivity contribution in [2.24, 2.45) is 16.6 Å². The Balaban J connectivity index is 2.36. The minimum absolute atomic E-state index is 0.0291. The van der Waals surface area contributed by atoms with Crippen molar-refractivity contribution in [3.63, 3.8) is 0 Å². The molecule has 2 rings (SSSR count). The first-order valence-electron chi connectivity index (χ1n) is 6.59. The van der Waals surface area contributed by atoms with Crippen LogP contribution >= 0.6 is 11.6 Å². The largest absolute Gasteiger partial charge is 0.418 e. The molecule has 2 N–H and O–H groups in total. The van der Waals surface area contributed by atoms with Crippen LogP contribution in [-0.4, -0.2) is 5.84 Å². The lowest BCUT2D eigenvalue weighted by molar-refractivity contribution is -0.137. The lowest BCUT2D eigenvalue weighted by Crippen LogP contribution is -2.25. The molecule has 0 spiro atoms. The van der Waals surface area contributed by atoms with Crippen LogP contribution in [-0.2, 0) is 6.18 Å². The number of hydrogen-bond donors (Lipinski definition) is 1. The molecule has 110 valence electrons. The van der Waals surface area contributed by atoms with Crippen molar-refractivity contribution >= 4 is 23.1 Å². The van der Waals surface area contributed by atoms with Crippen molar-refractivity contribution < 1.29 is 13.2 Å². The Labute approximate surface area is 120 Å². The molecule has 0 atom stereocenters. The van der Waals surface area contributed by atoms with Crippen LogP contribution in [0.25, 0.3) is 0 Å². The van der Waals surface area contributed by atoms with Gasteiger partial charge in [0.2, 0.25) is 0 Å². The molecule has 0 amide bonds. The standard InChI is InChI=1S/C14H16ClF3N2/c15-11-8-4-7-10(14(16,17)18)12(11)20-13(19)9-5-2-1-3-6-9/h4,7-9H,1-3,5-6H2,(H2,19,20). The highest BCUT2D eigenvalue weighted by molar-refractivity contribution is 6.33. The molecule has 1 aliphatic rings. The van der Waals surface area contributed by atoms with Crippen LogP contribution in [0.3, 0.4) is 0 Å². The van der Waals surface area contributed by atoms with Crippen LogP contribution < -0.4 is 5.73 Å². The van der Waals surface area contributed by atoms with E-state index in [2.05, 4.69) is 4.99 Å². The molecule has 0 unspecified atom stereocenters. The molecule has 6 heteroatoms. The van der Waals surface area contributed by atoms with E-state index in [-0.39, 0.29) is 22.5 Å². The molecular weight excluding hydrogens is 289 g/mol. The summed E-state index contributed by atoms with van der Waals surface area (Å²) in [6.45, 7) is 0. The molecule has 0 aliphatic heterocycles. The predicted molar refractivity (Wildman–Crippen MR) is 74.3 cm³/mol. The van der Waals surface area contributed by atoms with Gasteiger partial charge in [-0.2, -0.15) is 13.2 Å². The summed E-state index contributed by atoms with van der Waals surface area (Å²) >= 11 is 5.86. The molecule has 0 saturated heterocycles.